The Morgan fingerprint density at radius 1 is 1.05 bits per heavy atom. The highest BCUT2D eigenvalue weighted by molar-refractivity contribution is 7.99. The van der Waals surface area contributed by atoms with Crippen LogP contribution in [0.1, 0.15) is 12.5 Å². The van der Waals surface area contributed by atoms with Crippen LogP contribution in [0.2, 0.25) is 0 Å². The van der Waals surface area contributed by atoms with E-state index in [2.05, 4.69) is 11.9 Å². The van der Waals surface area contributed by atoms with Gasteiger partial charge in [0, 0.05) is 27.1 Å². The number of alkyl halides is 3. The molecule has 0 fully saturated rings. The lowest BCUT2D eigenvalue weighted by atomic mass is 10.1. The van der Waals surface area contributed by atoms with E-state index in [4.69, 9.17) is 0 Å². The molecule has 2 aromatic carbocycles. The third kappa shape index (κ3) is 2.86. The zero-order chi connectivity index (χ0) is 15.7. The zero-order valence-electron chi connectivity index (χ0n) is 11.9. The summed E-state index contributed by atoms with van der Waals surface area (Å²) in [6, 6.07) is 13.5. The van der Waals surface area contributed by atoms with E-state index in [9.17, 15) is 13.2 Å². The third-order valence-electron chi connectivity index (χ3n) is 3.43. The van der Waals surface area contributed by atoms with Crippen LogP contribution in [0.25, 0.3) is 22.2 Å². The van der Waals surface area contributed by atoms with Gasteiger partial charge in [0.2, 0.25) is 0 Å². The van der Waals surface area contributed by atoms with Gasteiger partial charge in [-0.15, -0.1) is 11.8 Å². The summed E-state index contributed by atoms with van der Waals surface area (Å²) < 4.78 is 38.4. The second kappa shape index (κ2) is 5.72. The third-order valence-corrected chi connectivity index (χ3v) is 4.38. The van der Waals surface area contributed by atoms with Crippen molar-refractivity contribution in [2.75, 3.05) is 5.75 Å². The largest absolute Gasteiger partial charge is 0.416 e. The summed E-state index contributed by atoms with van der Waals surface area (Å²) in [4.78, 5) is 4.33. The summed E-state index contributed by atoms with van der Waals surface area (Å²) in [5.41, 5.74) is 1.94. The van der Waals surface area contributed by atoms with Crippen molar-refractivity contribution < 1.29 is 13.2 Å². The van der Waals surface area contributed by atoms with Crippen molar-refractivity contribution in [1.82, 2.24) is 4.98 Å². The Balaban J connectivity index is 2.09. The van der Waals surface area contributed by atoms with Gasteiger partial charge in [-0.25, -0.2) is 0 Å². The molecule has 1 aromatic heterocycles. The van der Waals surface area contributed by atoms with Crippen molar-refractivity contribution in [3.63, 3.8) is 0 Å². The molecule has 1 heterocycles. The van der Waals surface area contributed by atoms with Crippen molar-refractivity contribution in [3.8, 4) is 11.3 Å². The average Bonchev–Trinajstić information content (AvgIpc) is 2.90. The van der Waals surface area contributed by atoms with Crippen LogP contribution in [0.4, 0.5) is 13.2 Å². The number of fused-ring (bicyclic) bond motifs is 1. The van der Waals surface area contributed by atoms with Crippen molar-refractivity contribution in [2.45, 2.75) is 18.0 Å². The fourth-order valence-electron chi connectivity index (χ4n) is 2.42. The molecule has 0 saturated heterocycles. The number of nitrogens with one attached hydrogen (secondary N) is 1. The van der Waals surface area contributed by atoms with Crippen LogP contribution in [0, 0.1) is 0 Å². The van der Waals surface area contributed by atoms with Gasteiger partial charge in [-0.2, -0.15) is 13.2 Å². The van der Waals surface area contributed by atoms with Crippen LogP contribution in [0.15, 0.2) is 53.4 Å². The van der Waals surface area contributed by atoms with Gasteiger partial charge in [0.15, 0.2) is 0 Å². The van der Waals surface area contributed by atoms with E-state index in [1.54, 1.807) is 17.8 Å². The van der Waals surface area contributed by atoms with Gasteiger partial charge in [-0.05, 0) is 36.1 Å². The van der Waals surface area contributed by atoms with Gasteiger partial charge in [-0.1, -0.05) is 25.1 Å². The molecule has 0 saturated carbocycles. The van der Waals surface area contributed by atoms with E-state index in [-0.39, 0.29) is 0 Å². The first-order chi connectivity index (χ1) is 10.5. The molecule has 3 aromatic rings. The molecule has 22 heavy (non-hydrogen) atoms. The molecule has 0 atom stereocenters. The first kappa shape index (κ1) is 15.0. The number of halogens is 3. The molecule has 0 radical (unpaired) electrons. The molecule has 0 aliphatic rings. The lowest BCUT2D eigenvalue weighted by Gasteiger charge is -2.05. The quantitative estimate of drug-likeness (QED) is 0.588. The maximum Gasteiger partial charge on any atom is 0.416 e. The molecule has 5 heteroatoms. The maximum absolute atomic E-state index is 12.8. The van der Waals surface area contributed by atoms with E-state index in [0.29, 0.717) is 10.9 Å². The molecular weight excluding hydrogens is 307 g/mol. The van der Waals surface area contributed by atoms with Crippen LogP contribution in [-0.4, -0.2) is 10.7 Å². The average molecular weight is 321 g/mol. The molecule has 1 N–H and O–H groups in total. The number of H-pyrrole nitrogens is 1. The lowest BCUT2D eigenvalue weighted by molar-refractivity contribution is -0.137. The normalized spacial score (nSPS) is 12.0. The van der Waals surface area contributed by atoms with Gasteiger partial charge in [-0.3, -0.25) is 0 Å². The van der Waals surface area contributed by atoms with Gasteiger partial charge in [0.25, 0.3) is 0 Å². The minimum absolute atomic E-state index is 0.570. The fourth-order valence-corrected chi connectivity index (χ4v) is 3.24. The number of hydrogen-bond donors (Lipinski definition) is 1. The highest BCUT2D eigenvalue weighted by Crippen LogP contribution is 2.35. The lowest BCUT2D eigenvalue weighted by Crippen LogP contribution is -2.03. The van der Waals surface area contributed by atoms with E-state index < -0.39 is 11.7 Å². The minimum atomic E-state index is -4.32. The predicted octanol–water partition coefficient (Wildman–Crippen LogP) is 5.97. The van der Waals surface area contributed by atoms with Gasteiger partial charge in [0.05, 0.1) is 5.56 Å². The zero-order valence-corrected chi connectivity index (χ0v) is 12.7. The molecule has 1 nitrogen and oxygen atoms in total. The molecule has 0 unspecified atom stereocenters. The van der Waals surface area contributed by atoms with E-state index in [0.717, 1.165) is 28.0 Å². The number of aromatic amines is 1. The topological polar surface area (TPSA) is 15.8 Å². The Labute approximate surface area is 130 Å². The number of benzene rings is 2. The molecule has 3 rings (SSSR count). The van der Waals surface area contributed by atoms with E-state index in [1.807, 2.05) is 24.3 Å². The summed E-state index contributed by atoms with van der Waals surface area (Å²) in [5, 5.41) is 0.570. The van der Waals surface area contributed by atoms with Crippen LogP contribution < -0.4 is 0 Å². The Morgan fingerprint density at radius 3 is 2.55 bits per heavy atom. The number of rotatable bonds is 3. The van der Waals surface area contributed by atoms with Crippen molar-refractivity contribution in [1.29, 1.82) is 0 Å². The Hall–Kier alpha value is -1.88. The van der Waals surface area contributed by atoms with Crippen molar-refractivity contribution in [2.24, 2.45) is 0 Å². The van der Waals surface area contributed by atoms with Crippen LogP contribution in [-0.2, 0) is 6.18 Å². The molecular formula is C17H14F3NS. The highest BCUT2D eigenvalue weighted by atomic mass is 32.2. The van der Waals surface area contributed by atoms with Gasteiger partial charge < -0.3 is 4.98 Å². The van der Waals surface area contributed by atoms with E-state index in [1.165, 1.54) is 12.1 Å². The summed E-state index contributed by atoms with van der Waals surface area (Å²) in [5.74, 6) is 0.940. The highest BCUT2D eigenvalue weighted by Gasteiger charge is 2.30. The smallest absolute Gasteiger partial charge is 0.354 e. The Morgan fingerprint density at radius 2 is 1.82 bits per heavy atom. The summed E-state index contributed by atoms with van der Waals surface area (Å²) in [6.07, 6.45) is -4.32. The SMILES string of the molecule is CCSc1ccccc1-c1cc2cc(C(F)(F)F)ccc2[nH]1. The summed E-state index contributed by atoms with van der Waals surface area (Å²) in [6.45, 7) is 2.07. The van der Waals surface area contributed by atoms with Crippen LogP contribution in [0.5, 0.6) is 0 Å². The molecule has 0 amide bonds. The van der Waals surface area contributed by atoms with Crippen LogP contribution >= 0.6 is 11.8 Å². The monoisotopic (exact) mass is 321 g/mol. The summed E-state index contributed by atoms with van der Waals surface area (Å²) in [7, 11) is 0. The van der Waals surface area contributed by atoms with Crippen molar-refractivity contribution >= 4 is 22.7 Å². The van der Waals surface area contributed by atoms with Gasteiger partial charge in [0.1, 0.15) is 0 Å². The predicted molar refractivity (Wildman–Crippen MR) is 85.1 cm³/mol. The molecule has 0 bridgehead atoms. The first-order valence-corrected chi connectivity index (χ1v) is 7.90. The standard InChI is InChI=1S/C17H14F3NS/c1-2-22-16-6-4-3-5-13(16)15-10-11-9-12(17(18,19)20)7-8-14(11)21-15/h3-10,21H,2H2,1H3. The number of hydrogen-bond acceptors (Lipinski definition) is 1. The second-order valence-electron chi connectivity index (χ2n) is 4.91. The number of aromatic nitrogens is 1. The fraction of sp³-hybridized carbons (Fsp3) is 0.176. The Bertz CT molecular complexity index is 805. The molecule has 0 spiro atoms. The Kier molecular flexibility index (Phi) is 3.91. The van der Waals surface area contributed by atoms with Gasteiger partial charge >= 0.3 is 6.18 Å². The molecule has 0 aliphatic carbocycles. The molecule has 114 valence electrons. The first-order valence-electron chi connectivity index (χ1n) is 6.91. The van der Waals surface area contributed by atoms with Crippen molar-refractivity contribution in [3.05, 3.63) is 54.1 Å². The van der Waals surface area contributed by atoms with E-state index >= 15 is 0 Å². The second-order valence-corrected chi connectivity index (χ2v) is 6.22. The maximum atomic E-state index is 12.8. The summed E-state index contributed by atoms with van der Waals surface area (Å²) >= 11 is 1.71. The molecule has 0 aliphatic heterocycles. The number of thioether (sulfide) groups is 1. The van der Waals surface area contributed by atoms with Crippen LogP contribution in [0.3, 0.4) is 0 Å². The minimum Gasteiger partial charge on any atom is -0.354 e.